The predicted octanol–water partition coefficient (Wildman–Crippen LogP) is 1.76. The lowest BCUT2D eigenvalue weighted by molar-refractivity contribution is -0.119. The molecule has 0 saturated heterocycles. The lowest BCUT2D eigenvalue weighted by Crippen LogP contribution is -2.35. The maximum atomic E-state index is 11.0. The Hall–Kier alpha value is -0.180. The van der Waals surface area contributed by atoms with E-state index in [1.165, 1.54) is 25.7 Å². The molecule has 1 amide bonds. The topological polar surface area (TPSA) is 29.1 Å². The van der Waals surface area contributed by atoms with Crippen molar-refractivity contribution in [2.24, 2.45) is 0 Å². The third-order valence-electron chi connectivity index (χ3n) is 2.36. The van der Waals surface area contributed by atoms with Gasteiger partial charge in [0, 0.05) is 6.04 Å². The molecule has 0 aromatic rings. The van der Waals surface area contributed by atoms with E-state index in [1.807, 2.05) is 0 Å². The molecule has 0 radical (unpaired) electrons. The van der Waals surface area contributed by atoms with Crippen molar-refractivity contribution < 1.29 is 4.79 Å². The van der Waals surface area contributed by atoms with Gasteiger partial charge < -0.3 is 5.32 Å². The van der Waals surface area contributed by atoms with E-state index in [9.17, 15) is 4.79 Å². The molecule has 0 aromatic heterocycles. The lowest BCUT2D eigenvalue weighted by Gasteiger charge is -2.14. The fourth-order valence-electron chi connectivity index (χ4n) is 1.70. The zero-order valence-electron chi connectivity index (χ0n) is 7.38. The molecule has 1 saturated carbocycles. The minimum Gasteiger partial charge on any atom is -0.353 e. The Morgan fingerprint density at radius 1 is 1.25 bits per heavy atom. The van der Waals surface area contributed by atoms with Crippen molar-refractivity contribution in [2.45, 2.75) is 44.6 Å². The van der Waals surface area contributed by atoms with Crippen molar-refractivity contribution in [3.63, 3.8) is 0 Å². The van der Waals surface area contributed by atoms with Crippen LogP contribution in [-0.2, 0) is 4.79 Å². The summed E-state index contributed by atoms with van der Waals surface area (Å²) in [7, 11) is 0. The normalized spacial score (nSPS) is 20.1. The second-order valence-electron chi connectivity index (χ2n) is 3.41. The molecule has 0 aliphatic heterocycles. The summed E-state index contributed by atoms with van der Waals surface area (Å²) in [5.74, 6) is 0.390. The van der Waals surface area contributed by atoms with Gasteiger partial charge in [-0.15, -0.1) is 0 Å². The zero-order valence-corrected chi connectivity index (χ0v) is 8.28. The minimum atomic E-state index is 0.0743. The Morgan fingerprint density at radius 3 is 2.33 bits per heavy atom. The van der Waals surface area contributed by atoms with Crippen LogP contribution in [0.15, 0.2) is 0 Å². The van der Waals surface area contributed by atoms with E-state index in [-0.39, 0.29) is 5.91 Å². The van der Waals surface area contributed by atoms with E-state index >= 15 is 0 Å². The predicted molar refractivity (Wildman–Crippen MR) is 53.5 cm³/mol. The van der Waals surface area contributed by atoms with Gasteiger partial charge in [0.2, 0.25) is 5.91 Å². The van der Waals surface area contributed by atoms with Gasteiger partial charge >= 0.3 is 0 Å². The first-order valence-corrected chi connectivity index (χ1v) is 5.36. The van der Waals surface area contributed by atoms with Gasteiger partial charge in [-0.2, -0.15) is 12.6 Å². The molecule has 12 heavy (non-hydrogen) atoms. The van der Waals surface area contributed by atoms with Crippen LogP contribution in [0, 0.1) is 0 Å². The lowest BCUT2D eigenvalue weighted by atomic mass is 10.1. The average Bonchev–Trinajstić information content (AvgIpc) is 2.33. The van der Waals surface area contributed by atoms with Crippen LogP contribution in [0.25, 0.3) is 0 Å². The highest BCUT2D eigenvalue weighted by molar-refractivity contribution is 7.81. The molecule has 0 heterocycles. The van der Waals surface area contributed by atoms with Crippen LogP contribution in [0.2, 0.25) is 0 Å². The van der Waals surface area contributed by atoms with Crippen molar-refractivity contribution in [1.82, 2.24) is 5.32 Å². The maximum Gasteiger partial charge on any atom is 0.229 e. The molecule has 0 spiro atoms. The summed E-state index contributed by atoms with van der Waals surface area (Å²) >= 11 is 3.93. The van der Waals surface area contributed by atoms with Gasteiger partial charge in [0.1, 0.15) is 0 Å². The molecule has 1 aliphatic carbocycles. The summed E-state index contributed by atoms with van der Waals surface area (Å²) in [6.45, 7) is 0. The summed E-state index contributed by atoms with van der Waals surface area (Å²) in [4.78, 5) is 11.0. The van der Waals surface area contributed by atoms with E-state index in [0.29, 0.717) is 11.8 Å². The SMILES string of the molecule is O=C(CS)NC1CCCCCC1. The number of nitrogens with one attached hydrogen (secondary N) is 1. The fraction of sp³-hybridized carbons (Fsp3) is 0.889. The summed E-state index contributed by atoms with van der Waals surface area (Å²) in [5, 5.41) is 2.99. The second-order valence-corrected chi connectivity index (χ2v) is 3.73. The van der Waals surface area contributed by atoms with E-state index in [4.69, 9.17) is 0 Å². The first kappa shape index (κ1) is 9.90. The Labute approximate surface area is 79.5 Å². The molecule has 0 bridgehead atoms. The van der Waals surface area contributed by atoms with Crippen LogP contribution in [0.5, 0.6) is 0 Å². The molecule has 0 atom stereocenters. The van der Waals surface area contributed by atoms with Crippen LogP contribution in [0.1, 0.15) is 38.5 Å². The standard InChI is InChI=1S/C9H17NOS/c11-9(7-12)10-8-5-3-1-2-4-6-8/h8,12H,1-7H2,(H,10,11). The minimum absolute atomic E-state index is 0.0743. The molecule has 2 nitrogen and oxygen atoms in total. The van der Waals surface area contributed by atoms with Crippen molar-refractivity contribution in [2.75, 3.05) is 5.75 Å². The summed E-state index contributed by atoms with van der Waals surface area (Å²) in [6, 6.07) is 0.423. The van der Waals surface area contributed by atoms with Gasteiger partial charge in [0.15, 0.2) is 0 Å². The number of hydrogen-bond acceptors (Lipinski definition) is 2. The number of amides is 1. The highest BCUT2D eigenvalue weighted by Crippen LogP contribution is 2.16. The molecular formula is C9H17NOS. The van der Waals surface area contributed by atoms with E-state index in [1.54, 1.807) is 0 Å². The first-order valence-electron chi connectivity index (χ1n) is 4.73. The van der Waals surface area contributed by atoms with Crippen molar-refractivity contribution in [3.05, 3.63) is 0 Å². The van der Waals surface area contributed by atoms with Gasteiger partial charge in [-0.1, -0.05) is 25.7 Å². The molecule has 0 unspecified atom stereocenters. The second kappa shape index (κ2) is 5.46. The van der Waals surface area contributed by atoms with Gasteiger partial charge in [0.25, 0.3) is 0 Å². The Kier molecular flexibility index (Phi) is 4.51. The molecule has 1 fully saturated rings. The van der Waals surface area contributed by atoms with E-state index < -0.39 is 0 Å². The Bertz CT molecular complexity index is 141. The van der Waals surface area contributed by atoms with Crippen LogP contribution in [0.4, 0.5) is 0 Å². The molecule has 3 heteroatoms. The van der Waals surface area contributed by atoms with E-state index in [2.05, 4.69) is 17.9 Å². The van der Waals surface area contributed by atoms with Crippen LogP contribution >= 0.6 is 12.6 Å². The van der Waals surface area contributed by atoms with Crippen molar-refractivity contribution in [1.29, 1.82) is 0 Å². The molecule has 1 rings (SSSR count). The zero-order chi connectivity index (χ0) is 8.81. The maximum absolute atomic E-state index is 11.0. The van der Waals surface area contributed by atoms with Crippen LogP contribution < -0.4 is 5.32 Å². The number of hydrogen-bond donors (Lipinski definition) is 2. The van der Waals surface area contributed by atoms with Gasteiger partial charge in [0.05, 0.1) is 5.75 Å². The number of carbonyl (C=O) groups excluding carboxylic acids is 1. The number of thiol groups is 1. The van der Waals surface area contributed by atoms with Gasteiger partial charge in [-0.3, -0.25) is 4.79 Å². The van der Waals surface area contributed by atoms with E-state index in [0.717, 1.165) is 12.8 Å². The number of carbonyl (C=O) groups is 1. The first-order chi connectivity index (χ1) is 5.83. The summed E-state index contributed by atoms with van der Waals surface area (Å²) in [6.07, 6.45) is 7.48. The molecule has 1 aliphatic rings. The number of rotatable bonds is 2. The average molecular weight is 187 g/mol. The highest BCUT2D eigenvalue weighted by atomic mass is 32.1. The summed E-state index contributed by atoms with van der Waals surface area (Å²) in [5.41, 5.74) is 0. The third kappa shape index (κ3) is 3.48. The molecule has 0 aromatic carbocycles. The van der Waals surface area contributed by atoms with Crippen molar-refractivity contribution >= 4 is 18.5 Å². The Balaban J connectivity index is 2.24. The molecular weight excluding hydrogens is 170 g/mol. The highest BCUT2D eigenvalue weighted by Gasteiger charge is 2.13. The molecule has 70 valence electrons. The third-order valence-corrected chi connectivity index (χ3v) is 2.65. The molecule has 1 N–H and O–H groups in total. The van der Waals surface area contributed by atoms with Crippen LogP contribution in [0.3, 0.4) is 0 Å². The van der Waals surface area contributed by atoms with Crippen molar-refractivity contribution in [3.8, 4) is 0 Å². The van der Waals surface area contributed by atoms with Gasteiger partial charge in [-0.25, -0.2) is 0 Å². The smallest absolute Gasteiger partial charge is 0.229 e. The fourth-order valence-corrected chi connectivity index (χ4v) is 1.79. The quantitative estimate of drug-likeness (QED) is 0.500. The van der Waals surface area contributed by atoms with Crippen LogP contribution in [-0.4, -0.2) is 17.7 Å². The largest absolute Gasteiger partial charge is 0.353 e. The summed E-state index contributed by atoms with van der Waals surface area (Å²) < 4.78 is 0. The monoisotopic (exact) mass is 187 g/mol. The Morgan fingerprint density at radius 2 is 1.83 bits per heavy atom. The van der Waals surface area contributed by atoms with Gasteiger partial charge in [-0.05, 0) is 12.8 Å².